The molecular formula is C14H22N2. The van der Waals surface area contributed by atoms with Gasteiger partial charge in [0.25, 0.3) is 0 Å². The Morgan fingerprint density at radius 3 is 2.69 bits per heavy atom. The normalized spacial score (nSPS) is 18.5. The average Bonchev–Trinajstić information content (AvgIpc) is 2.14. The van der Waals surface area contributed by atoms with Gasteiger partial charge in [-0.15, -0.1) is 0 Å². The summed E-state index contributed by atoms with van der Waals surface area (Å²) in [7, 11) is 4.13. The molecule has 16 heavy (non-hydrogen) atoms. The zero-order chi connectivity index (χ0) is 11.5. The van der Waals surface area contributed by atoms with Gasteiger partial charge in [-0.25, -0.2) is 0 Å². The maximum Gasteiger partial charge on any atom is 0.0424 e. The van der Waals surface area contributed by atoms with E-state index in [9.17, 15) is 0 Å². The highest BCUT2D eigenvalue weighted by molar-refractivity contribution is 5.29. The summed E-state index contributed by atoms with van der Waals surface area (Å²) in [5.74, 6) is 0.798. The topological polar surface area (TPSA) is 29.3 Å². The van der Waals surface area contributed by atoms with Crippen molar-refractivity contribution in [2.24, 2.45) is 5.73 Å². The Kier molecular flexibility index (Phi) is 3.62. The minimum absolute atomic E-state index is 0.134. The van der Waals surface area contributed by atoms with Gasteiger partial charge < -0.3 is 10.6 Å². The Bertz CT molecular complexity index is 342. The monoisotopic (exact) mass is 218 g/mol. The molecule has 0 aromatic heterocycles. The van der Waals surface area contributed by atoms with Gasteiger partial charge in [0.1, 0.15) is 0 Å². The van der Waals surface area contributed by atoms with Gasteiger partial charge in [0.05, 0.1) is 0 Å². The zero-order valence-corrected chi connectivity index (χ0v) is 10.3. The van der Waals surface area contributed by atoms with E-state index in [2.05, 4.69) is 43.3 Å². The van der Waals surface area contributed by atoms with Crippen LogP contribution >= 0.6 is 0 Å². The third-order valence-corrected chi connectivity index (χ3v) is 3.48. The molecule has 1 saturated carbocycles. The molecule has 1 fully saturated rings. The number of nitrogens with two attached hydrogens (primary N) is 1. The van der Waals surface area contributed by atoms with Crippen molar-refractivity contribution in [2.45, 2.75) is 31.2 Å². The first-order valence-electron chi connectivity index (χ1n) is 6.17. The highest BCUT2D eigenvalue weighted by atomic mass is 15.1. The van der Waals surface area contributed by atoms with Crippen LogP contribution in [0.1, 0.15) is 42.3 Å². The summed E-state index contributed by atoms with van der Waals surface area (Å²) in [5, 5.41) is 0. The molecule has 2 rings (SSSR count). The van der Waals surface area contributed by atoms with Gasteiger partial charge in [-0.3, -0.25) is 0 Å². The second-order valence-electron chi connectivity index (χ2n) is 5.17. The Balaban J connectivity index is 2.08. The number of benzene rings is 1. The van der Waals surface area contributed by atoms with Crippen molar-refractivity contribution >= 4 is 0 Å². The predicted octanol–water partition coefficient (Wildman–Crippen LogP) is 2.52. The number of hydrogen-bond donors (Lipinski definition) is 1. The molecular weight excluding hydrogens is 196 g/mol. The van der Waals surface area contributed by atoms with Crippen LogP contribution in [0, 0.1) is 0 Å². The lowest BCUT2D eigenvalue weighted by Crippen LogP contribution is -2.26. The fraction of sp³-hybridized carbons (Fsp3) is 0.571. The molecule has 88 valence electrons. The SMILES string of the molecule is CN(C)CC(N)c1cccc(C2CCC2)c1. The molecule has 0 saturated heterocycles. The van der Waals surface area contributed by atoms with Gasteiger partial charge in [0, 0.05) is 12.6 Å². The highest BCUT2D eigenvalue weighted by Crippen LogP contribution is 2.36. The van der Waals surface area contributed by atoms with Gasteiger partial charge in [-0.05, 0) is 44.0 Å². The molecule has 1 aliphatic rings. The minimum atomic E-state index is 0.134. The summed E-state index contributed by atoms with van der Waals surface area (Å²) in [5.41, 5.74) is 8.94. The Morgan fingerprint density at radius 1 is 1.38 bits per heavy atom. The first kappa shape index (κ1) is 11.6. The van der Waals surface area contributed by atoms with Gasteiger partial charge in [-0.2, -0.15) is 0 Å². The second-order valence-corrected chi connectivity index (χ2v) is 5.17. The molecule has 2 heteroatoms. The van der Waals surface area contributed by atoms with Crippen molar-refractivity contribution in [3.8, 4) is 0 Å². The third kappa shape index (κ3) is 2.63. The Morgan fingerprint density at radius 2 is 2.12 bits per heavy atom. The first-order valence-corrected chi connectivity index (χ1v) is 6.17. The quantitative estimate of drug-likeness (QED) is 0.841. The lowest BCUT2D eigenvalue weighted by atomic mass is 9.79. The van der Waals surface area contributed by atoms with Crippen molar-refractivity contribution < 1.29 is 0 Å². The van der Waals surface area contributed by atoms with E-state index in [4.69, 9.17) is 5.73 Å². The van der Waals surface area contributed by atoms with E-state index in [1.807, 2.05) is 0 Å². The van der Waals surface area contributed by atoms with Crippen LogP contribution in [-0.2, 0) is 0 Å². The average molecular weight is 218 g/mol. The van der Waals surface area contributed by atoms with Gasteiger partial charge in [0.2, 0.25) is 0 Å². The van der Waals surface area contributed by atoms with Crippen molar-refractivity contribution in [2.75, 3.05) is 20.6 Å². The van der Waals surface area contributed by atoms with E-state index in [0.717, 1.165) is 12.5 Å². The largest absolute Gasteiger partial charge is 0.323 e. The van der Waals surface area contributed by atoms with Crippen LogP contribution in [0.4, 0.5) is 0 Å². The van der Waals surface area contributed by atoms with Crippen LogP contribution in [0.3, 0.4) is 0 Å². The third-order valence-electron chi connectivity index (χ3n) is 3.48. The molecule has 0 radical (unpaired) electrons. The maximum atomic E-state index is 6.18. The van der Waals surface area contributed by atoms with E-state index in [1.54, 1.807) is 0 Å². The fourth-order valence-corrected chi connectivity index (χ4v) is 2.28. The van der Waals surface area contributed by atoms with Crippen LogP contribution in [0.2, 0.25) is 0 Å². The van der Waals surface area contributed by atoms with Crippen LogP contribution in [0.5, 0.6) is 0 Å². The standard InChI is InChI=1S/C14H22N2/c1-16(2)10-14(15)13-8-4-7-12(9-13)11-5-3-6-11/h4,7-9,11,14H,3,5-6,10,15H2,1-2H3. The molecule has 0 bridgehead atoms. The van der Waals surface area contributed by atoms with Crippen molar-refractivity contribution in [3.63, 3.8) is 0 Å². The summed E-state index contributed by atoms with van der Waals surface area (Å²) in [4.78, 5) is 2.14. The van der Waals surface area contributed by atoms with Crippen molar-refractivity contribution in [1.29, 1.82) is 0 Å². The number of rotatable bonds is 4. The summed E-state index contributed by atoms with van der Waals surface area (Å²) < 4.78 is 0. The number of hydrogen-bond acceptors (Lipinski definition) is 2. The van der Waals surface area contributed by atoms with Crippen LogP contribution in [-0.4, -0.2) is 25.5 Å². The Hall–Kier alpha value is -0.860. The lowest BCUT2D eigenvalue weighted by Gasteiger charge is -2.27. The molecule has 2 N–H and O–H groups in total. The van der Waals surface area contributed by atoms with Gasteiger partial charge in [-0.1, -0.05) is 30.7 Å². The predicted molar refractivity (Wildman–Crippen MR) is 68.5 cm³/mol. The van der Waals surface area contributed by atoms with E-state index in [1.165, 1.54) is 30.4 Å². The van der Waals surface area contributed by atoms with Gasteiger partial charge >= 0.3 is 0 Å². The Labute approximate surface area is 98.4 Å². The molecule has 1 aromatic rings. The molecule has 0 spiro atoms. The summed E-state index contributed by atoms with van der Waals surface area (Å²) in [6, 6.07) is 8.98. The van der Waals surface area contributed by atoms with Gasteiger partial charge in [0.15, 0.2) is 0 Å². The molecule has 1 aromatic carbocycles. The van der Waals surface area contributed by atoms with E-state index < -0.39 is 0 Å². The molecule has 0 heterocycles. The molecule has 0 aliphatic heterocycles. The van der Waals surface area contributed by atoms with Crippen LogP contribution < -0.4 is 5.73 Å². The summed E-state index contributed by atoms with van der Waals surface area (Å²) in [6.07, 6.45) is 4.09. The smallest absolute Gasteiger partial charge is 0.0424 e. The van der Waals surface area contributed by atoms with E-state index in [-0.39, 0.29) is 6.04 Å². The number of nitrogens with zero attached hydrogens (tertiary/aromatic N) is 1. The molecule has 0 amide bonds. The van der Waals surface area contributed by atoms with E-state index in [0.29, 0.717) is 0 Å². The van der Waals surface area contributed by atoms with Crippen molar-refractivity contribution in [1.82, 2.24) is 4.90 Å². The molecule has 1 atom stereocenters. The lowest BCUT2D eigenvalue weighted by molar-refractivity contribution is 0.376. The molecule has 2 nitrogen and oxygen atoms in total. The zero-order valence-electron chi connectivity index (χ0n) is 10.3. The van der Waals surface area contributed by atoms with Crippen LogP contribution in [0.25, 0.3) is 0 Å². The second kappa shape index (κ2) is 4.98. The van der Waals surface area contributed by atoms with Crippen LogP contribution in [0.15, 0.2) is 24.3 Å². The maximum absolute atomic E-state index is 6.18. The van der Waals surface area contributed by atoms with Crippen molar-refractivity contribution in [3.05, 3.63) is 35.4 Å². The highest BCUT2D eigenvalue weighted by Gasteiger charge is 2.20. The summed E-state index contributed by atoms with van der Waals surface area (Å²) in [6.45, 7) is 0.911. The first-order chi connectivity index (χ1) is 7.66. The number of likely N-dealkylation sites (N-methyl/N-ethyl adjacent to an activating group) is 1. The van der Waals surface area contributed by atoms with E-state index >= 15 is 0 Å². The minimum Gasteiger partial charge on any atom is -0.323 e. The summed E-state index contributed by atoms with van der Waals surface area (Å²) >= 11 is 0. The fourth-order valence-electron chi connectivity index (χ4n) is 2.28. The molecule has 1 aliphatic carbocycles. The molecule has 1 unspecified atom stereocenters.